The van der Waals surface area contributed by atoms with Crippen molar-refractivity contribution in [2.24, 2.45) is 0 Å². The average Bonchev–Trinajstić information content (AvgIpc) is 3.66. The van der Waals surface area contributed by atoms with Crippen molar-refractivity contribution in [1.29, 1.82) is 0 Å². The van der Waals surface area contributed by atoms with Crippen molar-refractivity contribution < 1.29 is 77.0 Å². The molecule has 0 aromatic heterocycles. The number of nitrogens with one attached hydrogen (secondary N) is 4. The molecule has 1 aliphatic heterocycles. The minimum absolute atomic E-state index is 0.00485. The number of likely N-dealkylation sites (tertiary alicyclic amines) is 1. The van der Waals surface area contributed by atoms with E-state index in [0.29, 0.717) is 6.42 Å². The number of amides is 4. The number of anilines is 2. The second kappa shape index (κ2) is 22.0. The van der Waals surface area contributed by atoms with Gasteiger partial charge in [0.2, 0.25) is 17.7 Å². The van der Waals surface area contributed by atoms with Gasteiger partial charge in [-0.3, -0.25) is 44.2 Å². The number of aliphatic hydroxyl groups is 1. The maximum absolute atomic E-state index is 13.6. The summed E-state index contributed by atoms with van der Waals surface area (Å²) < 4.78 is 31.7. The monoisotopic (exact) mass is 844 g/mol. The molecule has 322 valence electrons. The third kappa shape index (κ3) is 14.7. The van der Waals surface area contributed by atoms with E-state index in [-0.39, 0.29) is 55.7 Å². The molecule has 4 atom stereocenters. The third-order valence-corrected chi connectivity index (χ3v) is 8.32. The van der Waals surface area contributed by atoms with Gasteiger partial charge in [-0.25, -0.2) is 9.59 Å². The molecule has 1 saturated heterocycles. The number of non-ortho nitro benzene ring substituents is 1. The first-order valence-electron chi connectivity index (χ1n) is 17.2. The van der Waals surface area contributed by atoms with Crippen molar-refractivity contribution in [2.75, 3.05) is 30.7 Å². The minimum atomic E-state index is -5.08. The highest BCUT2D eigenvalue weighted by Crippen LogP contribution is 2.29. The van der Waals surface area contributed by atoms with Gasteiger partial charge in [0.15, 0.2) is 0 Å². The number of hydrogen-bond donors (Lipinski definition) is 9. The quantitative estimate of drug-likeness (QED) is 0.0405. The normalized spacial score (nSPS) is 14.9. The number of aliphatic carboxylic acids is 3. The summed E-state index contributed by atoms with van der Waals surface area (Å²) in [5.74, 6) is -9.43. The van der Waals surface area contributed by atoms with E-state index in [0.717, 1.165) is 17.0 Å². The molecule has 1 fully saturated rings. The number of nitrogens with two attached hydrogens (primary N) is 1. The summed E-state index contributed by atoms with van der Waals surface area (Å²) in [5, 5.41) is 68.1. The van der Waals surface area contributed by atoms with E-state index >= 15 is 0 Å². The van der Waals surface area contributed by atoms with E-state index in [4.69, 9.17) is 15.6 Å². The van der Waals surface area contributed by atoms with Crippen LogP contribution in [0.2, 0.25) is 0 Å². The van der Waals surface area contributed by atoms with E-state index in [1.54, 1.807) is 6.07 Å². The van der Waals surface area contributed by atoms with Crippen molar-refractivity contribution in [3.05, 3.63) is 68.3 Å². The molecule has 2 aromatic rings. The van der Waals surface area contributed by atoms with Crippen LogP contribution in [-0.4, -0.2) is 127 Å². The molecule has 0 bridgehead atoms. The van der Waals surface area contributed by atoms with Crippen LogP contribution in [0.25, 0.3) is 0 Å². The Kier molecular flexibility index (Phi) is 17.9. The SMILES string of the molecule is Nc1ccccc1C(=O)N[C@@H](CO)C(=O)N[C@@H](CC(=O)O)C(=O)N[C@@H](CCCCNc1ccc([N+](=O)[O-])cc1[N+](=O)[O-])C(=O)N1CCC[C@H]1C(=O)O.O=C(O)C(F)(F)F. The van der Waals surface area contributed by atoms with E-state index in [2.05, 4.69) is 21.3 Å². The molecule has 2 aromatic carbocycles. The van der Waals surface area contributed by atoms with Gasteiger partial charge in [-0.1, -0.05) is 12.1 Å². The number of unbranched alkanes of at least 4 members (excludes halogenated alkanes) is 1. The third-order valence-electron chi connectivity index (χ3n) is 8.32. The second-order valence-corrected chi connectivity index (χ2v) is 12.5. The first-order chi connectivity index (χ1) is 27.6. The Morgan fingerprint density at radius 2 is 1.49 bits per heavy atom. The molecule has 10 N–H and O–H groups in total. The molecule has 0 aliphatic carbocycles. The Labute approximate surface area is 330 Å². The summed E-state index contributed by atoms with van der Waals surface area (Å²) in [7, 11) is 0. The number of alkyl halides is 3. The van der Waals surface area contributed by atoms with Crippen LogP contribution in [0.4, 0.5) is 35.9 Å². The lowest BCUT2D eigenvalue weighted by Crippen LogP contribution is -2.58. The number of nitro groups is 2. The predicted molar refractivity (Wildman–Crippen MR) is 193 cm³/mol. The molecule has 0 unspecified atom stereocenters. The minimum Gasteiger partial charge on any atom is -0.481 e. The molecule has 1 aliphatic rings. The number of rotatable bonds is 19. The zero-order valence-corrected chi connectivity index (χ0v) is 30.5. The molecule has 59 heavy (non-hydrogen) atoms. The number of benzene rings is 2. The number of carboxylic acids is 3. The zero-order valence-electron chi connectivity index (χ0n) is 30.5. The highest BCUT2D eigenvalue weighted by atomic mass is 19.4. The summed E-state index contributed by atoms with van der Waals surface area (Å²) in [6.07, 6.45) is -5.26. The zero-order chi connectivity index (χ0) is 44.6. The predicted octanol–water partition coefficient (Wildman–Crippen LogP) is 0.612. The standard InChI is InChI=1S/C31H38N8O13.C2HF3O2/c32-19-7-2-1-6-18(19)27(43)36-23(16-40)29(45)35-22(15-26(41)42)28(44)34-21(30(46)37-13-5-9-24(37)31(47)48)8-3-4-12-33-20-11-10-17(38(49)50)14-25(20)39(51)52;3-2(4,5)1(6)7/h1-2,6-7,10-11,14,21-24,33,40H,3-5,8-9,12-13,15-16,32H2,(H,34,44)(H,35,45)(H,36,43)(H,41,42)(H,47,48);(H,6,7)/t21-,22-,23-,24-;/m0./s1. The summed E-state index contributed by atoms with van der Waals surface area (Å²) in [4.78, 5) is 107. The summed E-state index contributed by atoms with van der Waals surface area (Å²) >= 11 is 0. The molecule has 0 radical (unpaired) electrons. The topological polar surface area (TPSA) is 364 Å². The van der Waals surface area contributed by atoms with Crippen molar-refractivity contribution in [3.8, 4) is 0 Å². The summed E-state index contributed by atoms with van der Waals surface area (Å²) in [6, 6.07) is 2.86. The number of nitro benzene ring substituents is 2. The molecular formula is C33H39F3N8O15. The largest absolute Gasteiger partial charge is 0.490 e. The number of hydrogen-bond acceptors (Lipinski definition) is 14. The number of carbonyl (C=O) groups excluding carboxylic acids is 4. The highest BCUT2D eigenvalue weighted by Gasteiger charge is 2.39. The van der Waals surface area contributed by atoms with E-state index in [1.165, 1.54) is 24.3 Å². The van der Waals surface area contributed by atoms with Crippen molar-refractivity contribution in [3.63, 3.8) is 0 Å². The Hall–Kier alpha value is -7.12. The van der Waals surface area contributed by atoms with E-state index in [1.807, 2.05) is 0 Å². The van der Waals surface area contributed by atoms with Crippen molar-refractivity contribution in [1.82, 2.24) is 20.9 Å². The number of nitrogens with zero attached hydrogens (tertiary/aromatic N) is 3. The summed E-state index contributed by atoms with van der Waals surface area (Å²) in [6.45, 7) is -0.808. The van der Waals surface area contributed by atoms with Gasteiger partial charge in [-0.05, 0) is 50.3 Å². The van der Waals surface area contributed by atoms with Gasteiger partial charge in [0, 0.05) is 24.8 Å². The Morgan fingerprint density at radius 3 is 2.03 bits per heavy atom. The Balaban J connectivity index is 0.00000157. The fraction of sp³-hybridized carbons (Fsp3) is 0.424. The van der Waals surface area contributed by atoms with Crippen molar-refractivity contribution >= 4 is 64.3 Å². The van der Waals surface area contributed by atoms with Crippen LogP contribution in [0, 0.1) is 20.2 Å². The van der Waals surface area contributed by atoms with Gasteiger partial charge < -0.3 is 52.3 Å². The van der Waals surface area contributed by atoms with Crippen LogP contribution >= 0.6 is 0 Å². The maximum atomic E-state index is 13.6. The number of nitrogen functional groups attached to an aromatic ring is 1. The fourth-order valence-corrected chi connectivity index (χ4v) is 5.44. The first-order valence-corrected chi connectivity index (χ1v) is 17.2. The number of aliphatic hydroxyl groups excluding tert-OH is 1. The van der Waals surface area contributed by atoms with Crippen LogP contribution in [0.3, 0.4) is 0 Å². The second-order valence-electron chi connectivity index (χ2n) is 12.5. The van der Waals surface area contributed by atoms with Crippen LogP contribution in [-0.2, 0) is 28.8 Å². The fourth-order valence-electron chi connectivity index (χ4n) is 5.44. The van der Waals surface area contributed by atoms with Gasteiger partial charge in [0.1, 0.15) is 29.9 Å². The Bertz CT molecular complexity index is 1920. The van der Waals surface area contributed by atoms with Crippen LogP contribution in [0.5, 0.6) is 0 Å². The van der Waals surface area contributed by atoms with E-state index in [9.17, 15) is 77.5 Å². The van der Waals surface area contributed by atoms with Crippen LogP contribution in [0.15, 0.2) is 42.5 Å². The van der Waals surface area contributed by atoms with Crippen LogP contribution in [0.1, 0.15) is 48.9 Å². The van der Waals surface area contributed by atoms with Gasteiger partial charge in [-0.2, -0.15) is 13.2 Å². The maximum Gasteiger partial charge on any atom is 0.490 e. The molecule has 0 spiro atoms. The number of carbonyl (C=O) groups is 7. The molecule has 3 rings (SSSR count). The van der Waals surface area contributed by atoms with Gasteiger partial charge in [-0.15, -0.1) is 0 Å². The van der Waals surface area contributed by atoms with Crippen molar-refractivity contribution in [2.45, 2.75) is 68.9 Å². The van der Waals surface area contributed by atoms with Gasteiger partial charge in [0.25, 0.3) is 17.3 Å². The number of para-hydroxylation sites is 1. The molecule has 4 amide bonds. The first kappa shape index (κ1) is 48.0. The molecule has 26 heteroatoms. The lowest BCUT2D eigenvalue weighted by atomic mass is 10.1. The van der Waals surface area contributed by atoms with E-state index < -0.39 is 106 Å². The highest BCUT2D eigenvalue weighted by molar-refractivity contribution is 6.02. The summed E-state index contributed by atoms with van der Waals surface area (Å²) in [5.41, 5.74) is 4.81. The number of carboxylic acid groups (broad SMARTS) is 3. The molecular weight excluding hydrogens is 805 g/mol. The van der Waals surface area contributed by atoms with Gasteiger partial charge >= 0.3 is 24.1 Å². The average molecular weight is 845 g/mol. The molecule has 0 saturated carbocycles. The molecule has 23 nitrogen and oxygen atoms in total. The Morgan fingerprint density at radius 1 is 0.881 bits per heavy atom. The lowest BCUT2D eigenvalue weighted by molar-refractivity contribution is -0.393. The lowest BCUT2D eigenvalue weighted by Gasteiger charge is -2.29. The molecule has 1 heterocycles. The van der Waals surface area contributed by atoms with Crippen LogP contribution < -0.4 is 27.0 Å². The smallest absolute Gasteiger partial charge is 0.481 e. The van der Waals surface area contributed by atoms with Gasteiger partial charge in [0.05, 0.1) is 34.5 Å². The number of halogens is 3.